The zero-order valence-electron chi connectivity index (χ0n) is 11.2. The third kappa shape index (κ3) is 3.91. The third-order valence-electron chi connectivity index (χ3n) is 3.93. The van der Waals surface area contributed by atoms with Gasteiger partial charge in [-0.05, 0) is 24.8 Å². The summed E-state index contributed by atoms with van der Waals surface area (Å²) in [6, 6.07) is 0. The lowest BCUT2D eigenvalue weighted by Gasteiger charge is -2.29. The van der Waals surface area contributed by atoms with Crippen molar-refractivity contribution >= 4 is 0 Å². The first-order chi connectivity index (χ1) is 8.22. The first-order valence-electron chi connectivity index (χ1n) is 6.75. The van der Waals surface area contributed by atoms with Crippen LogP contribution in [-0.2, 0) is 9.47 Å². The van der Waals surface area contributed by atoms with E-state index in [0.717, 1.165) is 13.2 Å². The molecule has 0 amide bonds. The van der Waals surface area contributed by atoms with E-state index in [1.54, 1.807) is 7.11 Å². The molecule has 2 rings (SSSR count). The summed E-state index contributed by atoms with van der Waals surface area (Å²) < 4.78 is 10.8. The normalized spacial score (nSPS) is 34.6. The van der Waals surface area contributed by atoms with E-state index < -0.39 is 0 Å². The summed E-state index contributed by atoms with van der Waals surface area (Å²) in [6.07, 6.45) is 2.90. The summed E-state index contributed by atoms with van der Waals surface area (Å²) in [6.45, 7) is 9.67. The van der Waals surface area contributed by atoms with Gasteiger partial charge in [-0.1, -0.05) is 6.92 Å². The quantitative estimate of drug-likeness (QED) is 0.696. The molecule has 2 unspecified atom stereocenters. The molecule has 0 saturated carbocycles. The van der Waals surface area contributed by atoms with Gasteiger partial charge in [0.05, 0.1) is 19.3 Å². The Hall–Kier alpha value is -0.160. The van der Waals surface area contributed by atoms with Crippen LogP contribution in [0.15, 0.2) is 0 Å². The maximum atomic E-state index is 5.79. The molecule has 2 fully saturated rings. The summed E-state index contributed by atoms with van der Waals surface area (Å²) in [5.41, 5.74) is 0.474. The number of hydrogen-bond donors (Lipinski definition) is 1. The Bertz CT molecular complexity index is 229. The molecule has 0 spiro atoms. The summed E-state index contributed by atoms with van der Waals surface area (Å²) in [7, 11) is 1.72. The van der Waals surface area contributed by atoms with Crippen LogP contribution >= 0.6 is 0 Å². The van der Waals surface area contributed by atoms with E-state index in [1.165, 1.54) is 39.0 Å². The highest BCUT2D eigenvalue weighted by atomic mass is 16.5. The first kappa shape index (κ1) is 13.3. The molecule has 2 saturated heterocycles. The molecule has 0 aromatic carbocycles. The Kier molecular flexibility index (Phi) is 4.79. The fraction of sp³-hybridized carbons (Fsp3) is 1.00. The maximum absolute atomic E-state index is 5.79. The van der Waals surface area contributed by atoms with Gasteiger partial charge in [-0.2, -0.15) is 0 Å². The van der Waals surface area contributed by atoms with Crippen LogP contribution in [0, 0.1) is 5.41 Å². The van der Waals surface area contributed by atoms with Gasteiger partial charge in [-0.3, -0.25) is 0 Å². The van der Waals surface area contributed by atoms with Crippen LogP contribution in [0.4, 0.5) is 0 Å². The monoisotopic (exact) mass is 242 g/mol. The van der Waals surface area contributed by atoms with Gasteiger partial charge in [0.25, 0.3) is 0 Å². The van der Waals surface area contributed by atoms with Gasteiger partial charge in [0.2, 0.25) is 0 Å². The second-order valence-electron chi connectivity index (χ2n) is 5.75. The van der Waals surface area contributed by atoms with Gasteiger partial charge in [0, 0.05) is 33.3 Å². The van der Waals surface area contributed by atoms with Crippen molar-refractivity contribution in [3.8, 4) is 0 Å². The van der Waals surface area contributed by atoms with Crippen LogP contribution in [0.25, 0.3) is 0 Å². The largest absolute Gasteiger partial charge is 0.382 e. The predicted molar refractivity (Wildman–Crippen MR) is 68.3 cm³/mol. The lowest BCUT2D eigenvalue weighted by atomic mass is 9.89. The van der Waals surface area contributed by atoms with Crippen molar-refractivity contribution in [2.24, 2.45) is 5.41 Å². The van der Waals surface area contributed by atoms with E-state index in [9.17, 15) is 0 Å². The van der Waals surface area contributed by atoms with Gasteiger partial charge in [0.1, 0.15) is 0 Å². The summed E-state index contributed by atoms with van der Waals surface area (Å²) in [5.74, 6) is 0. The Morgan fingerprint density at radius 3 is 3.00 bits per heavy atom. The van der Waals surface area contributed by atoms with Gasteiger partial charge < -0.3 is 19.7 Å². The van der Waals surface area contributed by atoms with Gasteiger partial charge in [0.15, 0.2) is 0 Å². The molecular weight excluding hydrogens is 216 g/mol. The van der Waals surface area contributed by atoms with Gasteiger partial charge >= 0.3 is 0 Å². The van der Waals surface area contributed by atoms with Crippen LogP contribution in [-0.4, -0.2) is 64.1 Å². The molecule has 2 heterocycles. The fourth-order valence-corrected chi connectivity index (χ4v) is 2.92. The fourth-order valence-electron chi connectivity index (χ4n) is 2.92. The van der Waals surface area contributed by atoms with Crippen LogP contribution < -0.4 is 5.32 Å². The molecule has 100 valence electrons. The van der Waals surface area contributed by atoms with Crippen molar-refractivity contribution in [1.82, 2.24) is 10.2 Å². The van der Waals surface area contributed by atoms with Crippen molar-refractivity contribution in [3.05, 3.63) is 0 Å². The molecule has 0 aliphatic carbocycles. The summed E-state index contributed by atoms with van der Waals surface area (Å²) in [4.78, 5) is 2.56. The van der Waals surface area contributed by atoms with E-state index in [1.807, 2.05) is 0 Å². The Morgan fingerprint density at radius 2 is 2.29 bits per heavy atom. The number of methoxy groups -OCH3 is 1. The zero-order chi connectivity index (χ0) is 12.1. The molecule has 2 aliphatic heterocycles. The molecule has 2 atom stereocenters. The highest BCUT2D eigenvalue weighted by Gasteiger charge is 2.33. The van der Waals surface area contributed by atoms with E-state index in [0.29, 0.717) is 18.1 Å². The van der Waals surface area contributed by atoms with Crippen LogP contribution in [0.2, 0.25) is 0 Å². The average molecular weight is 242 g/mol. The topological polar surface area (TPSA) is 33.7 Å². The highest BCUT2D eigenvalue weighted by molar-refractivity contribution is 4.89. The van der Waals surface area contributed by atoms with Crippen molar-refractivity contribution in [2.75, 3.05) is 53.0 Å². The molecule has 2 aliphatic rings. The Balaban J connectivity index is 1.67. The van der Waals surface area contributed by atoms with E-state index in [4.69, 9.17) is 9.47 Å². The van der Waals surface area contributed by atoms with Crippen molar-refractivity contribution in [3.63, 3.8) is 0 Å². The highest BCUT2D eigenvalue weighted by Crippen LogP contribution is 2.27. The van der Waals surface area contributed by atoms with Gasteiger partial charge in [-0.15, -0.1) is 0 Å². The lowest BCUT2D eigenvalue weighted by molar-refractivity contribution is 0.0205. The van der Waals surface area contributed by atoms with Crippen molar-refractivity contribution in [1.29, 1.82) is 0 Å². The Morgan fingerprint density at radius 1 is 1.41 bits per heavy atom. The van der Waals surface area contributed by atoms with Crippen LogP contribution in [0.1, 0.15) is 19.8 Å². The van der Waals surface area contributed by atoms with Crippen LogP contribution in [0.3, 0.4) is 0 Å². The average Bonchev–Trinajstić information content (AvgIpc) is 2.89. The van der Waals surface area contributed by atoms with E-state index >= 15 is 0 Å². The minimum absolute atomic E-state index is 0.420. The smallest absolute Gasteiger partial charge is 0.0715 e. The molecule has 0 aromatic rings. The second-order valence-corrected chi connectivity index (χ2v) is 5.75. The number of nitrogens with zero attached hydrogens (tertiary/aromatic N) is 1. The number of rotatable bonds is 6. The molecule has 0 aromatic heterocycles. The Labute approximate surface area is 105 Å². The third-order valence-corrected chi connectivity index (χ3v) is 3.93. The lowest BCUT2D eigenvalue weighted by Crippen LogP contribution is -2.36. The van der Waals surface area contributed by atoms with Crippen molar-refractivity contribution in [2.45, 2.75) is 25.9 Å². The standard InChI is InChI=1S/C13H26N2O2/c1-13(4-5-14-10-13)11-15-6-3-12(9-15)17-8-7-16-2/h12,14H,3-11H2,1-2H3. The van der Waals surface area contributed by atoms with E-state index in [2.05, 4.69) is 17.1 Å². The second kappa shape index (κ2) is 6.14. The molecular formula is C13H26N2O2. The van der Waals surface area contributed by atoms with Gasteiger partial charge in [-0.25, -0.2) is 0 Å². The molecule has 0 radical (unpaired) electrons. The molecule has 4 nitrogen and oxygen atoms in total. The SMILES string of the molecule is COCCOC1CCN(CC2(C)CCNC2)C1. The molecule has 0 bridgehead atoms. The first-order valence-corrected chi connectivity index (χ1v) is 6.75. The molecule has 1 N–H and O–H groups in total. The number of nitrogens with one attached hydrogen (secondary N) is 1. The molecule has 4 heteroatoms. The predicted octanol–water partition coefficient (Wildman–Crippen LogP) is 0.723. The number of likely N-dealkylation sites (tertiary alicyclic amines) is 1. The van der Waals surface area contributed by atoms with Crippen LogP contribution in [0.5, 0.6) is 0 Å². The molecule has 17 heavy (non-hydrogen) atoms. The minimum Gasteiger partial charge on any atom is -0.382 e. The summed E-state index contributed by atoms with van der Waals surface area (Å²) in [5, 5.41) is 3.47. The number of hydrogen-bond acceptors (Lipinski definition) is 4. The minimum atomic E-state index is 0.420. The van der Waals surface area contributed by atoms with E-state index in [-0.39, 0.29) is 0 Å². The zero-order valence-corrected chi connectivity index (χ0v) is 11.2. The summed E-state index contributed by atoms with van der Waals surface area (Å²) >= 11 is 0. The maximum Gasteiger partial charge on any atom is 0.0715 e. The number of ether oxygens (including phenoxy) is 2. The van der Waals surface area contributed by atoms with Crippen molar-refractivity contribution < 1.29 is 9.47 Å².